The van der Waals surface area contributed by atoms with Crippen molar-refractivity contribution in [2.45, 2.75) is 73.9 Å². The molecule has 0 aliphatic rings. The molecule has 0 saturated heterocycles. The van der Waals surface area contributed by atoms with E-state index in [4.69, 9.17) is 9.47 Å². The summed E-state index contributed by atoms with van der Waals surface area (Å²) in [7, 11) is 0. The molecule has 4 aromatic carbocycles. The van der Waals surface area contributed by atoms with Crippen molar-refractivity contribution in [3.8, 4) is 22.9 Å². The molecule has 44 heavy (non-hydrogen) atoms. The number of rotatable bonds is 14. The van der Waals surface area contributed by atoms with E-state index in [-0.39, 0.29) is 5.82 Å². The number of aryl methyl sites for hydroxylation is 1. The fourth-order valence-electron chi connectivity index (χ4n) is 5.73. The number of hydrogen-bond donors (Lipinski definition) is 0. The van der Waals surface area contributed by atoms with Crippen LogP contribution in [0, 0.1) is 23.6 Å². The van der Waals surface area contributed by atoms with Gasteiger partial charge >= 0.3 is 0 Å². The second-order valence-corrected chi connectivity index (χ2v) is 13.2. The highest BCUT2D eigenvalue weighted by Gasteiger charge is 2.28. The number of nitrogens with zero attached hydrogens (tertiary/aromatic N) is 2. The smallest absolute Gasteiger partial charge is 0.290 e. The Balaban J connectivity index is 1.71. The first-order valence-corrected chi connectivity index (χ1v) is 16.3. The minimum Gasteiger partial charge on any atom is -0.493 e. The van der Waals surface area contributed by atoms with Gasteiger partial charge in [0.25, 0.3) is 5.82 Å². The van der Waals surface area contributed by atoms with Crippen molar-refractivity contribution in [2.24, 2.45) is 17.8 Å². The zero-order valence-electron chi connectivity index (χ0n) is 27.3. The van der Waals surface area contributed by atoms with Crippen LogP contribution >= 0.6 is 0 Å². The van der Waals surface area contributed by atoms with E-state index in [1.165, 1.54) is 5.52 Å². The fraction of sp³-hybridized carbons (Fsp3) is 0.410. The van der Waals surface area contributed by atoms with E-state index in [2.05, 4.69) is 105 Å². The lowest BCUT2D eigenvalue weighted by molar-refractivity contribution is -0.651. The second-order valence-electron chi connectivity index (χ2n) is 13.2. The van der Waals surface area contributed by atoms with Gasteiger partial charge in [-0.25, -0.2) is 13.5 Å². The maximum atomic E-state index is 14.1. The first-order chi connectivity index (χ1) is 21.2. The van der Waals surface area contributed by atoms with Gasteiger partial charge in [0.2, 0.25) is 0 Å². The minimum absolute atomic E-state index is 0.233. The van der Waals surface area contributed by atoms with Gasteiger partial charge in [-0.05, 0) is 79.5 Å². The van der Waals surface area contributed by atoms with E-state index >= 15 is 0 Å². The predicted molar refractivity (Wildman–Crippen MR) is 180 cm³/mol. The first kappa shape index (κ1) is 31.6. The van der Waals surface area contributed by atoms with Crippen LogP contribution in [0.3, 0.4) is 0 Å². The molecule has 5 rings (SSSR count). The van der Waals surface area contributed by atoms with E-state index in [0.29, 0.717) is 37.5 Å². The molecule has 232 valence electrons. The highest BCUT2D eigenvalue weighted by Crippen LogP contribution is 2.38. The number of ether oxygens (including phenoxy) is 2. The Hall–Kier alpha value is -3.86. The van der Waals surface area contributed by atoms with Crippen LogP contribution in [-0.2, 0) is 13.1 Å². The molecule has 0 radical (unpaired) electrons. The molecule has 0 N–H and O–H groups in total. The van der Waals surface area contributed by atoms with Crippen LogP contribution in [0.25, 0.3) is 33.2 Å². The summed E-state index contributed by atoms with van der Waals surface area (Å²) in [5, 5.41) is 2.14. The number of halogens is 1. The van der Waals surface area contributed by atoms with E-state index in [0.717, 1.165) is 70.5 Å². The molecule has 0 spiro atoms. The Labute approximate surface area is 262 Å². The molecule has 0 saturated carbocycles. The molecule has 5 aromatic rings. The predicted octanol–water partition coefficient (Wildman–Crippen LogP) is 9.83. The Kier molecular flexibility index (Phi) is 10.2. The number of aromatic nitrogens is 2. The zero-order valence-corrected chi connectivity index (χ0v) is 27.3. The van der Waals surface area contributed by atoms with Gasteiger partial charge in [-0.15, -0.1) is 0 Å². The molecule has 0 unspecified atom stereocenters. The van der Waals surface area contributed by atoms with Crippen molar-refractivity contribution < 1.29 is 18.4 Å². The van der Waals surface area contributed by atoms with Gasteiger partial charge < -0.3 is 9.47 Å². The van der Waals surface area contributed by atoms with Crippen LogP contribution < -0.4 is 14.0 Å². The maximum absolute atomic E-state index is 14.1. The minimum atomic E-state index is -0.233. The van der Waals surface area contributed by atoms with Crippen LogP contribution in [0.15, 0.2) is 78.9 Å². The van der Waals surface area contributed by atoms with E-state index in [1.807, 2.05) is 12.1 Å². The molecule has 1 aromatic heterocycles. The summed E-state index contributed by atoms with van der Waals surface area (Å²) in [6.45, 7) is 16.2. The summed E-state index contributed by atoms with van der Waals surface area (Å²) in [6.07, 6.45) is 3.01. The van der Waals surface area contributed by atoms with E-state index in [9.17, 15) is 4.39 Å². The number of imidazole rings is 1. The summed E-state index contributed by atoms with van der Waals surface area (Å²) in [5.74, 6) is 4.29. The molecule has 1 heterocycles. The molecule has 0 atom stereocenters. The van der Waals surface area contributed by atoms with Crippen molar-refractivity contribution in [2.75, 3.05) is 13.2 Å². The van der Waals surface area contributed by atoms with Crippen molar-refractivity contribution in [3.63, 3.8) is 0 Å². The maximum Gasteiger partial charge on any atom is 0.290 e. The van der Waals surface area contributed by atoms with E-state index < -0.39 is 0 Å². The van der Waals surface area contributed by atoms with Gasteiger partial charge in [-0.2, -0.15) is 0 Å². The highest BCUT2D eigenvalue weighted by molar-refractivity contribution is 5.94. The molecule has 0 bridgehead atoms. The van der Waals surface area contributed by atoms with Crippen molar-refractivity contribution in [1.82, 2.24) is 4.57 Å². The van der Waals surface area contributed by atoms with Crippen LogP contribution in [0.2, 0.25) is 0 Å². The average Bonchev–Trinajstić information content (AvgIpc) is 3.30. The van der Waals surface area contributed by atoms with Crippen molar-refractivity contribution in [3.05, 3.63) is 90.2 Å². The zero-order chi connectivity index (χ0) is 31.2. The molecule has 0 fully saturated rings. The largest absolute Gasteiger partial charge is 0.493 e. The lowest BCUT2D eigenvalue weighted by Crippen LogP contribution is -2.36. The van der Waals surface area contributed by atoms with E-state index in [1.54, 1.807) is 12.1 Å². The molecule has 4 nitrogen and oxygen atoms in total. The summed E-state index contributed by atoms with van der Waals surface area (Å²) in [6, 6.07) is 26.1. The summed E-state index contributed by atoms with van der Waals surface area (Å²) >= 11 is 0. The lowest BCUT2D eigenvalue weighted by atomic mass is 10.0. The Morgan fingerprint density at radius 1 is 0.705 bits per heavy atom. The van der Waals surface area contributed by atoms with Crippen molar-refractivity contribution >= 4 is 21.8 Å². The van der Waals surface area contributed by atoms with Crippen LogP contribution in [0.1, 0.15) is 66.4 Å². The first-order valence-electron chi connectivity index (χ1n) is 16.3. The summed E-state index contributed by atoms with van der Waals surface area (Å²) in [4.78, 5) is 0. The second kappa shape index (κ2) is 14.3. The summed E-state index contributed by atoms with van der Waals surface area (Å²) in [5.41, 5.74) is 4.37. The average molecular weight is 596 g/mol. The monoisotopic (exact) mass is 595 g/mol. The topological polar surface area (TPSA) is 27.3 Å². The van der Waals surface area contributed by atoms with Gasteiger partial charge in [-0.1, -0.05) is 77.9 Å². The van der Waals surface area contributed by atoms with Crippen molar-refractivity contribution in [1.29, 1.82) is 0 Å². The van der Waals surface area contributed by atoms with Crippen LogP contribution in [-0.4, -0.2) is 17.8 Å². The molecule has 5 heteroatoms. The number of hydrogen-bond acceptors (Lipinski definition) is 2. The molecule has 0 aliphatic carbocycles. The Bertz CT molecular complexity index is 1680. The standard InChI is InChI=1S/C39H48FN2O2/c1-27(2)19-22-41-35-13-9-10-14-36(35)42(39(41)30-15-17-32(40)18-16-30)26-31-25-37(43-23-20-28(3)4)33-11-7-8-12-34(33)38(31)44-24-21-29(5)6/h7-18,25,27-29H,19-24,26H2,1-6H3/q+1. The van der Waals surface area contributed by atoms with Gasteiger partial charge in [0.1, 0.15) is 23.9 Å². The number of fused-ring (bicyclic) bond motifs is 2. The van der Waals surface area contributed by atoms with Gasteiger partial charge in [0.05, 0.1) is 25.3 Å². The Morgan fingerprint density at radius 3 is 2.00 bits per heavy atom. The normalized spacial score (nSPS) is 11.9. The fourth-order valence-corrected chi connectivity index (χ4v) is 5.73. The molecular formula is C39H48FN2O2+. The number of para-hydroxylation sites is 2. The quantitative estimate of drug-likeness (QED) is 0.120. The van der Waals surface area contributed by atoms with Gasteiger partial charge in [0, 0.05) is 16.3 Å². The third-order valence-electron chi connectivity index (χ3n) is 8.26. The molecule has 0 aliphatic heterocycles. The van der Waals surface area contributed by atoms with Gasteiger partial charge in [0.15, 0.2) is 11.0 Å². The SMILES string of the molecule is CC(C)CCOc1cc(C[n+]2c(-c3ccc(F)cc3)n(CCC(C)C)c3ccccc32)c(OCCC(C)C)c2ccccc12. The van der Waals surface area contributed by atoms with Gasteiger partial charge in [-0.3, -0.25) is 0 Å². The van der Waals surface area contributed by atoms with Crippen LogP contribution in [0.5, 0.6) is 11.5 Å². The van der Waals surface area contributed by atoms with Crippen LogP contribution in [0.4, 0.5) is 4.39 Å². The number of benzene rings is 4. The third-order valence-corrected chi connectivity index (χ3v) is 8.26. The summed E-state index contributed by atoms with van der Waals surface area (Å²) < 4.78 is 32.1. The lowest BCUT2D eigenvalue weighted by Gasteiger charge is -2.19. The Morgan fingerprint density at radius 2 is 1.32 bits per heavy atom. The third kappa shape index (κ3) is 7.26. The highest BCUT2D eigenvalue weighted by atomic mass is 19.1. The molecule has 0 amide bonds. The molecular weight excluding hydrogens is 547 g/mol.